The van der Waals surface area contributed by atoms with E-state index >= 15 is 0 Å². The summed E-state index contributed by atoms with van der Waals surface area (Å²) in [6, 6.07) is 0. The van der Waals surface area contributed by atoms with Crippen LogP contribution in [0.4, 0.5) is 23.5 Å². The molecular formula is C19H36N12Si3. The second-order valence-corrected chi connectivity index (χ2v) is 25.5. The fraction of sp³-hybridized carbons (Fsp3) is 0.474. The minimum Gasteiger partial charge on any atom is -0.394 e. The van der Waals surface area contributed by atoms with Gasteiger partial charge in [0.05, 0.1) is 12.7 Å². The van der Waals surface area contributed by atoms with Crippen molar-refractivity contribution in [1.82, 2.24) is 39.1 Å². The molecule has 0 aromatic carbocycles. The van der Waals surface area contributed by atoms with Crippen LogP contribution in [0.3, 0.4) is 0 Å². The average molecular weight is 517 g/mol. The molecule has 4 heterocycles. The summed E-state index contributed by atoms with van der Waals surface area (Å²) >= 11 is 0. The van der Waals surface area contributed by atoms with Crippen molar-refractivity contribution in [2.45, 2.75) is 58.9 Å². The maximum absolute atomic E-state index is 5.50. The summed E-state index contributed by atoms with van der Waals surface area (Å²) in [5.74, 6) is 2.05. The minimum atomic E-state index is -1.58. The van der Waals surface area contributed by atoms with Crippen LogP contribution in [0.5, 0.6) is 0 Å². The number of nitrogens with zero attached hydrogens (tertiary/aromatic N) is 7. The molecule has 0 radical (unpaired) electrons. The number of nitrogens with two attached hydrogens (primary N) is 2. The Balaban J connectivity index is 0.000000243. The van der Waals surface area contributed by atoms with Crippen molar-refractivity contribution in [1.29, 1.82) is 0 Å². The van der Waals surface area contributed by atoms with Crippen molar-refractivity contribution in [2.24, 2.45) is 0 Å². The zero-order chi connectivity index (χ0) is 25.5. The molecule has 0 saturated heterocycles. The Kier molecular flexibility index (Phi) is 6.73. The highest BCUT2D eigenvalue weighted by molar-refractivity contribution is 6.80. The van der Waals surface area contributed by atoms with Gasteiger partial charge in [0.15, 0.2) is 31.2 Å². The predicted octanol–water partition coefficient (Wildman–Crippen LogP) is 3.52. The lowest BCUT2D eigenvalue weighted by Crippen LogP contribution is -2.36. The molecule has 15 heteroatoms. The van der Waals surface area contributed by atoms with Crippen LogP contribution in [-0.2, 0) is 0 Å². The lowest BCUT2D eigenvalue weighted by atomic mass is 10.5. The summed E-state index contributed by atoms with van der Waals surface area (Å²) in [4.78, 5) is 35.6. The van der Waals surface area contributed by atoms with E-state index in [4.69, 9.17) is 21.4 Å². The van der Waals surface area contributed by atoms with E-state index < -0.39 is 24.7 Å². The Morgan fingerprint density at radius 3 is 2.06 bits per heavy atom. The number of fused-ring (bicyclic) bond motifs is 2. The third-order valence-electron chi connectivity index (χ3n) is 4.43. The molecule has 4 aromatic heterocycles. The van der Waals surface area contributed by atoms with Crippen LogP contribution in [0.2, 0.25) is 58.9 Å². The molecule has 0 fully saturated rings. The smallest absolute Gasteiger partial charge is 0.224 e. The SMILES string of the molecule is C[Si](C)(C)Nc1nc(N[Si](C)(C)C)c2ncn([Si](C)(C)C)c2n1.Nc1nc(N)c2[nH]cnc2n1. The number of imidazole rings is 2. The van der Waals surface area contributed by atoms with Gasteiger partial charge in [-0.25, -0.2) is 9.97 Å². The number of nitrogens with one attached hydrogen (secondary N) is 3. The van der Waals surface area contributed by atoms with Crippen LogP contribution in [0.25, 0.3) is 22.3 Å². The fourth-order valence-electron chi connectivity index (χ4n) is 3.10. The Morgan fingerprint density at radius 1 is 0.824 bits per heavy atom. The van der Waals surface area contributed by atoms with Crippen LogP contribution in [-0.4, -0.2) is 63.8 Å². The predicted molar refractivity (Wildman–Crippen MR) is 149 cm³/mol. The molecule has 0 spiro atoms. The van der Waals surface area contributed by atoms with Gasteiger partial charge in [-0.2, -0.15) is 19.9 Å². The molecule has 184 valence electrons. The summed E-state index contributed by atoms with van der Waals surface area (Å²) in [5, 5.41) is 0. The third kappa shape index (κ3) is 6.29. The molecule has 0 aliphatic heterocycles. The lowest BCUT2D eigenvalue weighted by molar-refractivity contribution is 1.12. The standard InChI is InChI=1S/C14H30N6Si3.C5H6N6/c1-21(2,3)18-12-11-13(20(10-15-11)23(7,8)9)17-14(16-12)19-22(4,5)6;6-3-2-4(9-1-8-2)11-5(7)10-3/h10H,1-9H3,(H2,16,17,18,19);1H,(H5,6,7,8,9,10,11). The summed E-state index contributed by atoms with van der Waals surface area (Å²) in [6.07, 6.45) is 3.43. The Labute approximate surface area is 202 Å². The zero-order valence-electron chi connectivity index (χ0n) is 21.4. The first-order chi connectivity index (χ1) is 15.5. The highest BCUT2D eigenvalue weighted by Crippen LogP contribution is 2.25. The molecule has 4 rings (SSSR count). The zero-order valence-corrected chi connectivity index (χ0v) is 24.4. The van der Waals surface area contributed by atoms with Gasteiger partial charge in [0.2, 0.25) is 11.9 Å². The van der Waals surface area contributed by atoms with Crippen LogP contribution in [0.1, 0.15) is 0 Å². The highest BCUT2D eigenvalue weighted by atomic mass is 28.3. The fourth-order valence-corrected chi connectivity index (χ4v) is 5.96. The third-order valence-corrected chi connectivity index (χ3v) is 8.16. The van der Waals surface area contributed by atoms with E-state index in [2.05, 4.69) is 98.0 Å². The highest BCUT2D eigenvalue weighted by Gasteiger charge is 2.25. The number of hydrogen-bond donors (Lipinski definition) is 5. The van der Waals surface area contributed by atoms with Crippen molar-refractivity contribution in [3.63, 3.8) is 0 Å². The molecule has 0 amide bonds. The monoisotopic (exact) mass is 516 g/mol. The summed E-state index contributed by atoms with van der Waals surface area (Å²) < 4.78 is 2.26. The van der Waals surface area contributed by atoms with Crippen molar-refractivity contribution in [3.8, 4) is 0 Å². The van der Waals surface area contributed by atoms with E-state index in [1.807, 2.05) is 6.33 Å². The molecule has 34 heavy (non-hydrogen) atoms. The van der Waals surface area contributed by atoms with Gasteiger partial charge in [-0.15, -0.1) is 0 Å². The van der Waals surface area contributed by atoms with Gasteiger partial charge < -0.3 is 30.6 Å². The minimum absolute atomic E-state index is 0.141. The molecule has 0 aliphatic rings. The quantitative estimate of drug-likeness (QED) is 0.247. The van der Waals surface area contributed by atoms with Crippen molar-refractivity contribution >= 4 is 70.6 Å². The number of anilines is 4. The molecule has 0 saturated carbocycles. The molecule has 4 aromatic rings. The van der Waals surface area contributed by atoms with Crippen LogP contribution in [0.15, 0.2) is 12.7 Å². The van der Waals surface area contributed by atoms with E-state index in [1.165, 1.54) is 6.33 Å². The number of nitrogen functional groups attached to an aromatic ring is 2. The Bertz CT molecular complexity index is 1290. The molecule has 0 aliphatic carbocycles. The molecule has 0 unspecified atom stereocenters. The second kappa shape index (κ2) is 8.95. The van der Waals surface area contributed by atoms with Crippen LogP contribution in [0, 0.1) is 0 Å². The second-order valence-electron chi connectivity index (χ2n) is 11.2. The maximum Gasteiger partial charge on any atom is 0.224 e. The largest absolute Gasteiger partial charge is 0.394 e. The van der Waals surface area contributed by atoms with Gasteiger partial charge >= 0.3 is 0 Å². The van der Waals surface area contributed by atoms with Crippen LogP contribution >= 0.6 is 0 Å². The molecular weight excluding hydrogens is 481 g/mol. The summed E-state index contributed by atoms with van der Waals surface area (Å²) in [7, 11) is -4.63. The Morgan fingerprint density at radius 2 is 1.47 bits per heavy atom. The van der Waals surface area contributed by atoms with E-state index in [0.717, 1.165) is 22.9 Å². The van der Waals surface area contributed by atoms with Gasteiger partial charge in [-0.1, -0.05) is 58.9 Å². The lowest BCUT2D eigenvalue weighted by Gasteiger charge is -2.23. The Hall–Kier alpha value is -3.05. The van der Waals surface area contributed by atoms with Gasteiger partial charge in [-0.3, -0.25) is 0 Å². The first-order valence-corrected chi connectivity index (χ1v) is 21.5. The summed E-state index contributed by atoms with van der Waals surface area (Å²) in [6.45, 7) is 20.5. The number of rotatable bonds is 5. The number of aromatic nitrogens is 8. The van der Waals surface area contributed by atoms with Crippen molar-refractivity contribution in [3.05, 3.63) is 12.7 Å². The van der Waals surface area contributed by atoms with Crippen molar-refractivity contribution < 1.29 is 0 Å². The van der Waals surface area contributed by atoms with E-state index in [-0.39, 0.29) is 5.95 Å². The molecule has 0 atom stereocenters. The van der Waals surface area contributed by atoms with Crippen molar-refractivity contribution in [2.75, 3.05) is 21.4 Å². The average Bonchev–Trinajstić information content (AvgIpc) is 3.25. The van der Waals surface area contributed by atoms with E-state index in [1.54, 1.807) is 0 Å². The maximum atomic E-state index is 5.50. The first kappa shape index (κ1) is 25.6. The molecule has 7 N–H and O–H groups in total. The van der Waals surface area contributed by atoms with Crippen LogP contribution < -0.4 is 21.4 Å². The van der Waals surface area contributed by atoms with Gasteiger partial charge in [0, 0.05) is 0 Å². The van der Waals surface area contributed by atoms with Gasteiger partial charge in [0.25, 0.3) is 0 Å². The van der Waals surface area contributed by atoms with E-state index in [0.29, 0.717) is 17.0 Å². The topological polar surface area (TPSA) is 174 Å². The van der Waals surface area contributed by atoms with Gasteiger partial charge in [0.1, 0.15) is 27.5 Å². The summed E-state index contributed by atoms with van der Waals surface area (Å²) in [5.41, 5.74) is 13.8. The first-order valence-electron chi connectivity index (χ1n) is 11.1. The molecule has 12 nitrogen and oxygen atoms in total. The number of aromatic amines is 1. The molecule has 0 bridgehead atoms. The van der Waals surface area contributed by atoms with E-state index in [9.17, 15) is 0 Å². The number of H-pyrrole nitrogens is 1. The van der Waals surface area contributed by atoms with Gasteiger partial charge in [-0.05, 0) is 0 Å². The number of hydrogen-bond acceptors (Lipinski definition) is 10. The normalized spacial score (nSPS) is 12.5.